The Balaban J connectivity index is 0.00000128. The second-order valence-corrected chi connectivity index (χ2v) is 3.44. The first kappa shape index (κ1) is 12.8. The highest BCUT2D eigenvalue weighted by Gasteiger charge is 2.18. The lowest BCUT2D eigenvalue weighted by Gasteiger charge is -2.09. The van der Waals surface area contributed by atoms with Gasteiger partial charge in [0, 0.05) is 5.56 Å². The molecule has 0 fully saturated rings. The Morgan fingerprint density at radius 1 is 1.38 bits per heavy atom. The summed E-state index contributed by atoms with van der Waals surface area (Å²) in [5.74, 6) is 1.39. The maximum atomic E-state index is 11.8. The molecule has 2 rings (SSSR count). The number of hydrogen-bond acceptors (Lipinski definition) is 4. The molecule has 0 saturated heterocycles. The molecule has 88 valence electrons. The fraction of sp³-hybridized carbons (Fsp3) is 0.364. The zero-order chi connectivity index (χ0) is 10.8. The van der Waals surface area contributed by atoms with Crippen molar-refractivity contribution in [3.63, 3.8) is 0 Å². The predicted molar refractivity (Wildman–Crippen MR) is 62.7 cm³/mol. The monoisotopic (exact) mass is 243 g/mol. The van der Waals surface area contributed by atoms with Crippen LogP contribution in [-0.4, -0.2) is 25.7 Å². The second kappa shape index (κ2) is 5.18. The summed E-state index contributed by atoms with van der Waals surface area (Å²) in [6, 6.07) is 5.05. The number of ether oxygens (including phenoxy) is 2. The van der Waals surface area contributed by atoms with E-state index in [0.29, 0.717) is 17.1 Å². The van der Waals surface area contributed by atoms with Crippen molar-refractivity contribution in [1.82, 2.24) is 5.32 Å². The third-order valence-electron chi connectivity index (χ3n) is 2.48. The molecular weight excluding hydrogens is 230 g/mol. The molecule has 1 atom stereocenters. The first-order valence-corrected chi connectivity index (χ1v) is 4.83. The highest BCUT2D eigenvalue weighted by atomic mass is 35.5. The van der Waals surface area contributed by atoms with E-state index in [1.165, 1.54) is 0 Å². The van der Waals surface area contributed by atoms with E-state index in [1.54, 1.807) is 25.2 Å². The minimum absolute atomic E-state index is 0. The Bertz CT molecular complexity index is 395. The maximum absolute atomic E-state index is 11.8. The van der Waals surface area contributed by atoms with Gasteiger partial charge in [0.1, 0.15) is 0 Å². The Kier molecular flexibility index (Phi) is 4.15. The summed E-state index contributed by atoms with van der Waals surface area (Å²) in [6.07, 6.45) is 0. The van der Waals surface area contributed by atoms with E-state index >= 15 is 0 Å². The van der Waals surface area contributed by atoms with Gasteiger partial charge in [0.15, 0.2) is 17.3 Å². The van der Waals surface area contributed by atoms with Crippen LogP contribution in [0.2, 0.25) is 0 Å². The molecule has 0 aliphatic carbocycles. The highest BCUT2D eigenvalue weighted by Crippen LogP contribution is 2.32. The number of nitrogens with one attached hydrogen (secondary N) is 1. The molecule has 0 radical (unpaired) electrons. The topological polar surface area (TPSA) is 47.6 Å². The average molecular weight is 244 g/mol. The molecule has 0 bridgehead atoms. The van der Waals surface area contributed by atoms with Gasteiger partial charge in [-0.1, -0.05) is 0 Å². The van der Waals surface area contributed by atoms with Crippen molar-refractivity contribution in [2.45, 2.75) is 13.0 Å². The molecule has 0 unspecified atom stereocenters. The van der Waals surface area contributed by atoms with Gasteiger partial charge >= 0.3 is 0 Å². The van der Waals surface area contributed by atoms with Gasteiger partial charge in [-0.05, 0) is 32.2 Å². The van der Waals surface area contributed by atoms with Crippen LogP contribution in [0.4, 0.5) is 0 Å². The average Bonchev–Trinajstić information content (AvgIpc) is 2.73. The van der Waals surface area contributed by atoms with Gasteiger partial charge in [0.25, 0.3) is 0 Å². The number of carbonyl (C=O) groups is 1. The number of hydrogen-bond donors (Lipinski definition) is 1. The van der Waals surface area contributed by atoms with Crippen LogP contribution in [0, 0.1) is 0 Å². The number of Topliss-reactive ketones (excluding diaryl/α,β-unsaturated/α-hetero) is 1. The number of halogens is 1. The Morgan fingerprint density at radius 2 is 2.06 bits per heavy atom. The molecule has 5 heteroatoms. The van der Waals surface area contributed by atoms with E-state index in [4.69, 9.17) is 9.47 Å². The van der Waals surface area contributed by atoms with Crippen molar-refractivity contribution < 1.29 is 14.3 Å². The summed E-state index contributed by atoms with van der Waals surface area (Å²) >= 11 is 0. The molecule has 1 aliphatic heterocycles. The van der Waals surface area contributed by atoms with E-state index in [0.717, 1.165) is 0 Å². The smallest absolute Gasteiger partial charge is 0.231 e. The van der Waals surface area contributed by atoms with Gasteiger partial charge in [-0.15, -0.1) is 12.4 Å². The molecule has 0 spiro atoms. The molecule has 0 amide bonds. The number of benzene rings is 1. The molecule has 1 aliphatic rings. The van der Waals surface area contributed by atoms with Crippen LogP contribution < -0.4 is 14.8 Å². The minimum atomic E-state index is -0.189. The summed E-state index contributed by atoms with van der Waals surface area (Å²) in [7, 11) is 1.76. The Hall–Kier alpha value is -1.26. The molecule has 1 heterocycles. The zero-order valence-electron chi connectivity index (χ0n) is 9.15. The van der Waals surface area contributed by atoms with Gasteiger partial charge in [0.2, 0.25) is 6.79 Å². The largest absolute Gasteiger partial charge is 0.454 e. The van der Waals surface area contributed by atoms with Crippen molar-refractivity contribution in [2.24, 2.45) is 0 Å². The fourth-order valence-corrected chi connectivity index (χ4v) is 1.43. The Morgan fingerprint density at radius 3 is 2.75 bits per heavy atom. The van der Waals surface area contributed by atoms with Crippen LogP contribution in [0.25, 0.3) is 0 Å². The zero-order valence-corrected chi connectivity index (χ0v) is 9.97. The summed E-state index contributed by atoms with van der Waals surface area (Å²) in [5.41, 5.74) is 0.640. The van der Waals surface area contributed by atoms with Crippen LogP contribution in [0.5, 0.6) is 11.5 Å². The third-order valence-corrected chi connectivity index (χ3v) is 2.48. The lowest BCUT2D eigenvalue weighted by Crippen LogP contribution is -2.30. The fourth-order valence-electron chi connectivity index (χ4n) is 1.43. The SMILES string of the molecule is CN[C@H](C)C(=O)c1ccc2c(c1)OCO2.Cl. The summed E-state index contributed by atoms with van der Waals surface area (Å²) in [6.45, 7) is 2.06. The van der Waals surface area contributed by atoms with Crippen LogP contribution in [0.3, 0.4) is 0 Å². The van der Waals surface area contributed by atoms with Crippen LogP contribution in [0.1, 0.15) is 17.3 Å². The molecule has 0 saturated carbocycles. The number of fused-ring (bicyclic) bond motifs is 1. The molecule has 1 aromatic rings. The normalized spacial score (nSPS) is 14.1. The van der Waals surface area contributed by atoms with E-state index in [-0.39, 0.29) is 31.0 Å². The van der Waals surface area contributed by atoms with Crippen molar-refractivity contribution in [1.29, 1.82) is 0 Å². The number of ketones is 1. The lowest BCUT2D eigenvalue weighted by molar-refractivity contribution is 0.0954. The quantitative estimate of drug-likeness (QED) is 0.820. The molecule has 1 aromatic carbocycles. The summed E-state index contributed by atoms with van der Waals surface area (Å²) < 4.78 is 10.4. The number of likely N-dealkylation sites (N-methyl/N-ethyl adjacent to an activating group) is 1. The first-order valence-electron chi connectivity index (χ1n) is 4.83. The first-order chi connectivity index (χ1) is 7.22. The highest BCUT2D eigenvalue weighted by molar-refractivity contribution is 6.00. The maximum Gasteiger partial charge on any atom is 0.231 e. The molecule has 16 heavy (non-hydrogen) atoms. The third kappa shape index (κ3) is 2.28. The van der Waals surface area contributed by atoms with Crippen LogP contribution >= 0.6 is 12.4 Å². The summed E-state index contributed by atoms with van der Waals surface area (Å²) in [4.78, 5) is 11.8. The van der Waals surface area contributed by atoms with E-state index in [2.05, 4.69) is 5.32 Å². The van der Waals surface area contributed by atoms with E-state index in [9.17, 15) is 4.79 Å². The minimum Gasteiger partial charge on any atom is -0.454 e. The van der Waals surface area contributed by atoms with Crippen LogP contribution in [-0.2, 0) is 0 Å². The molecule has 0 aromatic heterocycles. The van der Waals surface area contributed by atoms with Crippen molar-refractivity contribution in [2.75, 3.05) is 13.8 Å². The molecular formula is C11H14ClNO3. The standard InChI is InChI=1S/C11H13NO3.ClH/c1-7(12-2)11(13)8-3-4-9-10(5-8)15-6-14-9;/h3-5,7,12H,6H2,1-2H3;1H/t7-;/m1./s1. The van der Waals surface area contributed by atoms with Crippen LogP contribution in [0.15, 0.2) is 18.2 Å². The van der Waals surface area contributed by atoms with E-state index in [1.807, 2.05) is 6.92 Å². The van der Waals surface area contributed by atoms with Gasteiger partial charge in [0.05, 0.1) is 6.04 Å². The predicted octanol–water partition coefficient (Wildman–Crippen LogP) is 1.63. The molecule has 1 N–H and O–H groups in total. The number of rotatable bonds is 3. The van der Waals surface area contributed by atoms with Gasteiger partial charge < -0.3 is 14.8 Å². The van der Waals surface area contributed by atoms with Crippen molar-refractivity contribution >= 4 is 18.2 Å². The van der Waals surface area contributed by atoms with Crippen molar-refractivity contribution in [3.05, 3.63) is 23.8 Å². The van der Waals surface area contributed by atoms with E-state index < -0.39 is 0 Å². The van der Waals surface area contributed by atoms with Gasteiger partial charge in [-0.25, -0.2) is 0 Å². The summed E-state index contributed by atoms with van der Waals surface area (Å²) in [5, 5.41) is 2.91. The Labute approximate surface area is 100 Å². The second-order valence-electron chi connectivity index (χ2n) is 3.44. The van der Waals surface area contributed by atoms with Gasteiger partial charge in [-0.3, -0.25) is 4.79 Å². The number of carbonyl (C=O) groups excluding carboxylic acids is 1. The van der Waals surface area contributed by atoms with Gasteiger partial charge in [-0.2, -0.15) is 0 Å². The van der Waals surface area contributed by atoms with Crippen molar-refractivity contribution in [3.8, 4) is 11.5 Å². The lowest BCUT2D eigenvalue weighted by atomic mass is 10.1. The molecule has 4 nitrogen and oxygen atoms in total.